The van der Waals surface area contributed by atoms with Crippen LogP contribution in [-0.2, 0) is 16.1 Å². The minimum atomic E-state index is 0.181. The zero-order valence-corrected chi connectivity index (χ0v) is 17.2. The highest BCUT2D eigenvalue weighted by molar-refractivity contribution is 5.78. The largest absolute Gasteiger partial charge is 0.376 e. The molecule has 3 aliphatic heterocycles. The Kier molecular flexibility index (Phi) is 6.65. The quantitative estimate of drug-likeness (QED) is 0.775. The molecule has 1 aromatic rings. The van der Waals surface area contributed by atoms with Crippen molar-refractivity contribution in [1.29, 1.82) is 0 Å². The Morgan fingerprint density at radius 1 is 1.21 bits per heavy atom. The van der Waals surface area contributed by atoms with Crippen LogP contribution in [-0.4, -0.2) is 77.2 Å². The van der Waals surface area contributed by atoms with Crippen molar-refractivity contribution in [3.63, 3.8) is 0 Å². The smallest absolute Gasteiger partial charge is 0.223 e. The van der Waals surface area contributed by atoms with Crippen LogP contribution < -0.4 is 5.32 Å². The Morgan fingerprint density at radius 3 is 2.64 bits per heavy atom. The average molecular weight is 390 g/mol. The van der Waals surface area contributed by atoms with E-state index in [-0.39, 0.29) is 17.9 Å². The number of H-pyrrole nitrogens is 1. The van der Waals surface area contributed by atoms with Crippen LogP contribution in [0.25, 0.3) is 0 Å². The second-order valence-corrected chi connectivity index (χ2v) is 8.67. The third-order valence-electron chi connectivity index (χ3n) is 6.81. The van der Waals surface area contributed by atoms with E-state index < -0.39 is 0 Å². The van der Waals surface area contributed by atoms with Gasteiger partial charge >= 0.3 is 0 Å². The van der Waals surface area contributed by atoms with Crippen molar-refractivity contribution in [2.24, 2.45) is 5.92 Å². The van der Waals surface area contributed by atoms with E-state index in [0.29, 0.717) is 12.6 Å². The van der Waals surface area contributed by atoms with Crippen molar-refractivity contribution in [1.82, 2.24) is 25.1 Å². The fourth-order valence-corrected chi connectivity index (χ4v) is 4.89. The minimum absolute atomic E-state index is 0.181. The summed E-state index contributed by atoms with van der Waals surface area (Å²) in [4.78, 5) is 25.2. The molecular weight excluding hydrogens is 354 g/mol. The first-order valence-electron chi connectivity index (χ1n) is 11.0. The molecule has 3 fully saturated rings. The molecule has 7 nitrogen and oxygen atoms in total. The number of aromatic amines is 1. The maximum absolute atomic E-state index is 12.5. The van der Waals surface area contributed by atoms with Crippen LogP contribution in [0.15, 0.2) is 6.33 Å². The number of hydrogen-bond acceptors (Lipinski definition) is 5. The van der Waals surface area contributed by atoms with E-state index in [1.165, 1.54) is 24.2 Å². The molecule has 0 radical (unpaired) electrons. The number of imidazole rings is 1. The zero-order chi connectivity index (χ0) is 19.3. The highest BCUT2D eigenvalue weighted by Gasteiger charge is 2.31. The summed E-state index contributed by atoms with van der Waals surface area (Å²) in [6.45, 7) is 8.97. The molecule has 0 aliphatic carbocycles. The summed E-state index contributed by atoms with van der Waals surface area (Å²) >= 11 is 0. The molecule has 0 saturated carbocycles. The van der Waals surface area contributed by atoms with Gasteiger partial charge in [-0.15, -0.1) is 0 Å². The number of piperidine rings is 2. The summed E-state index contributed by atoms with van der Waals surface area (Å²) < 4.78 is 5.60. The van der Waals surface area contributed by atoms with E-state index in [0.717, 1.165) is 65.0 Å². The first kappa shape index (κ1) is 19.9. The molecule has 156 valence electrons. The van der Waals surface area contributed by atoms with E-state index in [2.05, 4.69) is 32.0 Å². The SMILES string of the molecule is Cc1[nH]cnc1CN1CCC(N2CCC(C(=O)NCC3CCCO3)CC2)CC1. The van der Waals surface area contributed by atoms with E-state index in [1.54, 1.807) is 6.33 Å². The molecule has 2 N–H and O–H groups in total. The van der Waals surface area contributed by atoms with Gasteiger partial charge in [-0.2, -0.15) is 0 Å². The predicted octanol–water partition coefficient (Wildman–Crippen LogP) is 1.69. The van der Waals surface area contributed by atoms with Gasteiger partial charge in [0.2, 0.25) is 5.91 Å². The number of hydrogen-bond donors (Lipinski definition) is 2. The van der Waals surface area contributed by atoms with E-state index in [9.17, 15) is 4.79 Å². The summed E-state index contributed by atoms with van der Waals surface area (Å²) in [5, 5.41) is 3.12. The van der Waals surface area contributed by atoms with Gasteiger partial charge in [0.15, 0.2) is 0 Å². The molecule has 28 heavy (non-hydrogen) atoms. The van der Waals surface area contributed by atoms with Gasteiger partial charge in [0.05, 0.1) is 18.1 Å². The lowest BCUT2D eigenvalue weighted by Gasteiger charge is -2.41. The molecule has 1 amide bonds. The van der Waals surface area contributed by atoms with E-state index in [1.807, 2.05) is 0 Å². The van der Waals surface area contributed by atoms with Gasteiger partial charge in [0.25, 0.3) is 0 Å². The number of rotatable bonds is 6. The molecule has 0 aromatic carbocycles. The lowest BCUT2D eigenvalue weighted by atomic mass is 9.92. The Hall–Kier alpha value is -1.44. The summed E-state index contributed by atoms with van der Waals surface area (Å²) in [6, 6.07) is 0.674. The molecule has 0 spiro atoms. The normalized spacial score (nSPS) is 26.0. The summed E-state index contributed by atoms with van der Waals surface area (Å²) in [5.74, 6) is 0.416. The van der Waals surface area contributed by atoms with Crippen LogP contribution in [0.2, 0.25) is 0 Å². The highest BCUT2D eigenvalue weighted by Crippen LogP contribution is 2.25. The number of aryl methyl sites for hydroxylation is 1. The number of ether oxygens (including phenoxy) is 1. The topological polar surface area (TPSA) is 73.5 Å². The number of amides is 1. The first-order valence-corrected chi connectivity index (χ1v) is 11.0. The molecule has 4 rings (SSSR count). The van der Waals surface area contributed by atoms with Crippen molar-refractivity contribution in [3.8, 4) is 0 Å². The molecule has 7 heteroatoms. The van der Waals surface area contributed by atoms with E-state index in [4.69, 9.17) is 4.74 Å². The fourth-order valence-electron chi connectivity index (χ4n) is 4.89. The predicted molar refractivity (Wildman–Crippen MR) is 108 cm³/mol. The second-order valence-electron chi connectivity index (χ2n) is 8.67. The van der Waals surface area contributed by atoms with Crippen LogP contribution in [0.4, 0.5) is 0 Å². The number of nitrogens with zero attached hydrogens (tertiary/aromatic N) is 3. The number of nitrogens with one attached hydrogen (secondary N) is 2. The Balaban J connectivity index is 1.15. The summed E-state index contributed by atoms with van der Waals surface area (Å²) in [7, 11) is 0. The average Bonchev–Trinajstić information content (AvgIpc) is 3.39. The van der Waals surface area contributed by atoms with Gasteiger partial charge in [-0.3, -0.25) is 9.69 Å². The lowest BCUT2D eigenvalue weighted by Crippen LogP contribution is -2.49. The summed E-state index contributed by atoms with van der Waals surface area (Å²) in [6.07, 6.45) is 8.65. The maximum atomic E-state index is 12.5. The standard InChI is InChI=1S/C21H35N5O2/c1-16-20(24-15-23-16)14-25-8-6-18(7-9-25)26-10-4-17(5-11-26)21(27)22-13-19-3-2-12-28-19/h15,17-19H,2-14H2,1H3,(H,22,27)(H,23,24). The number of carbonyl (C=O) groups excluding carboxylic acids is 1. The van der Waals surface area contributed by atoms with Crippen LogP contribution in [0.3, 0.4) is 0 Å². The highest BCUT2D eigenvalue weighted by atomic mass is 16.5. The Bertz CT molecular complexity index is 626. The third kappa shape index (κ3) is 4.93. The molecule has 0 bridgehead atoms. The van der Waals surface area contributed by atoms with Gasteiger partial charge in [0.1, 0.15) is 0 Å². The number of likely N-dealkylation sites (tertiary alicyclic amines) is 2. The molecule has 1 unspecified atom stereocenters. The second kappa shape index (κ2) is 9.37. The van der Waals surface area contributed by atoms with Gasteiger partial charge < -0.3 is 19.9 Å². The Labute approximate surface area is 168 Å². The lowest BCUT2D eigenvalue weighted by molar-refractivity contribution is -0.127. The van der Waals surface area contributed by atoms with Gasteiger partial charge in [0, 0.05) is 50.4 Å². The van der Waals surface area contributed by atoms with E-state index >= 15 is 0 Å². The molecule has 1 atom stereocenters. The maximum Gasteiger partial charge on any atom is 0.223 e. The molecule has 3 aliphatic rings. The van der Waals surface area contributed by atoms with Crippen molar-refractivity contribution >= 4 is 5.91 Å². The van der Waals surface area contributed by atoms with Gasteiger partial charge in [-0.1, -0.05) is 0 Å². The van der Waals surface area contributed by atoms with Crippen LogP contribution in [0.5, 0.6) is 0 Å². The van der Waals surface area contributed by atoms with Crippen LogP contribution >= 0.6 is 0 Å². The van der Waals surface area contributed by atoms with Gasteiger partial charge in [-0.25, -0.2) is 4.98 Å². The Morgan fingerprint density at radius 2 is 2.00 bits per heavy atom. The molecule has 1 aromatic heterocycles. The van der Waals surface area contributed by atoms with Crippen molar-refractivity contribution in [2.45, 2.75) is 64.1 Å². The third-order valence-corrected chi connectivity index (χ3v) is 6.81. The minimum Gasteiger partial charge on any atom is -0.376 e. The monoisotopic (exact) mass is 389 g/mol. The van der Waals surface area contributed by atoms with Crippen molar-refractivity contribution < 1.29 is 9.53 Å². The number of carbonyl (C=O) groups is 1. The molecular formula is C21H35N5O2. The fraction of sp³-hybridized carbons (Fsp3) is 0.810. The molecule has 4 heterocycles. The zero-order valence-electron chi connectivity index (χ0n) is 17.2. The van der Waals surface area contributed by atoms with Gasteiger partial charge in [-0.05, 0) is 58.5 Å². The van der Waals surface area contributed by atoms with Crippen molar-refractivity contribution in [2.75, 3.05) is 39.3 Å². The van der Waals surface area contributed by atoms with Crippen LogP contribution in [0.1, 0.15) is 49.9 Å². The molecule has 3 saturated heterocycles. The van der Waals surface area contributed by atoms with Crippen LogP contribution in [0, 0.1) is 12.8 Å². The summed E-state index contributed by atoms with van der Waals surface area (Å²) in [5.41, 5.74) is 2.36. The first-order chi connectivity index (χ1) is 13.7. The van der Waals surface area contributed by atoms with Crippen molar-refractivity contribution in [3.05, 3.63) is 17.7 Å². The number of aromatic nitrogens is 2.